The van der Waals surface area contributed by atoms with E-state index in [2.05, 4.69) is 97.1 Å². The van der Waals surface area contributed by atoms with Crippen molar-refractivity contribution < 1.29 is 8.96 Å². The Hall–Kier alpha value is -6.78. The predicted octanol–water partition coefficient (Wildman–Crippen LogP) is 13.0. The molecule has 0 saturated heterocycles. The highest BCUT2D eigenvalue weighted by molar-refractivity contribution is 6.16. The first-order valence-electron chi connectivity index (χ1n) is 18.0. The maximum atomic E-state index is 15.7. The largest absolute Gasteiger partial charge is 0.178 e. The van der Waals surface area contributed by atoms with Gasteiger partial charge in [-0.2, -0.15) is 9.58 Å². The summed E-state index contributed by atoms with van der Waals surface area (Å²) in [4.78, 5) is 1.62. The van der Waals surface area contributed by atoms with Crippen LogP contribution in [0.3, 0.4) is 0 Å². The van der Waals surface area contributed by atoms with E-state index in [4.69, 9.17) is 0 Å². The van der Waals surface area contributed by atoms with Crippen LogP contribution in [-0.4, -0.2) is 9.58 Å². The maximum absolute atomic E-state index is 15.7. The summed E-state index contributed by atoms with van der Waals surface area (Å²) in [5, 5.41) is 3.60. The first-order chi connectivity index (χ1) is 26.1. The SMILES string of the molecule is Fn1c2ccccc2c2c(-c3ccc4c(c3)C3(c5ccccc5-c5ccccc53)c3cc(-c5cccc6c5c5ccccc5n6F)ccc3-4)cccc21. The number of benzene rings is 8. The normalized spacial score (nSPS) is 13.6. The third-order valence-electron chi connectivity index (χ3n) is 12.0. The molecule has 2 heterocycles. The number of hydrogen-bond acceptors (Lipinski definition) is 0. The zero-order valence-corrected chi connectivity index (χ0v) is 28.3. The van der Waals surface area contributed by atoms with Crippen molar-refractivity contribution in [3.8, 4) is 44.5 Å². The molecule has 0 saturated carbocycles. The van der Waals surface area contributed by atoms with Crippen molar-refractivity contribution >= 4 is 43.6 Å². The summed E-state index contributed by atoms with van der Waals surface area (Å²) in [5.74, 6) is 0. The molecule has 0 aliphatic heterocycles. The van der Waals surface area contributed by atoms with Crippen LogP contribution in [-0.2, 0) is 5.41 Å². The Morgan fingerprint density at radius 3 is 1.19 bits per heavy atom. The highest BCUT2D eigenvalue weighted by Gasteiger charge is 2.51. The fraction of sp³-hybridized carbons (Fsp3) is 0.0204. The fourth-order valence-corrected chi connectivity index (χ4v) is 9.90. The van der Waals surface area contributed by atoms with Crippen molar-refractivity contribution in [2.45, 2.75) is 5.41 Å². The number of nitrogens with zero attached hydrogens (tertiary/aromatic N) is 2. The molecule has 53 heavy (non-hydrogen) atoms. The second-order valence-electron chi connectivity index (χ2n) is 14.4. The minimum atomic E-state index is -0.603. The third kappa shape index (κ3) is 3.51. The zero-order valence-electron chi connectivity index (χ0n) is 28.3. The molecule has 8 aromatic carbocycles. The van der Waals surface area contributed by atoms with E-state index in [-0.39, 0.29) is 0 Å². The Labute approximate surface area is 303 Å². The van der Waals surface area contributed by atoms with Gasteiger partial charge >= 0.3 is 0 Å². The van der Waals surface area contributed by atoms with Gasteiger partial charge in [-0.15, -0.1) is 0 Å². The van der Waals surface area contributed by atoms with E-state index in [9.17, 15) is 0 Å². The van der Waals surface area contributed by atoms with Gasteiger partial charge in [0, 0.05) is 21.5 Å². The van der Waals surface area contributed by atoms with Gasteiger partial charge in [0.05, 0.1) is 27.5 Å². The Balaban J connectivity index is 1.17. The third-order valence-corrected chi connectivity index (χ3v) is 12.0. The van der Waals surface area contributed by atoms with Gasteiger partial charge in [-0.05, 0) is 103 Å². The first-order valence-corrected chi connectivity index (χ1v) is 18.0. The Bertz CT molecular complexity index is 3000. The number of halogens is 2. The number of hydrogen-bond donors (Lipinski definition) is 0. The lowest BCUT2D eigenvalue weighted by Crippen LogP contribution is -2.26. The van der Waals surface area contributed by atoms with Crippen LogP contribution in [0.4, 0.5) is 8.96 Å². The van der Waals surface area contributed by atoms with E-state index < -0.39 is 5.41 Å². The van der Waals surface area contributed by atoms with Crippen molar-refractivity contribution in [2.24, 2.45) is 0 Å². The van der Waals surface area contributed by atoms with E-state index in [1.165, 1.54) is 44.5 Å². The topological polar surface area (TPSA) is 9.86 Å². The van der Waals surface area contributed by atoms with Crippen LogP contribution < -0.4 is 0 Å². The summed E-state index contributed by atoms with van der Waals surface area (Å²) in [6.45, 7) is 0. The number of fused-ring (bicyclic) bond motifs is 16. The number of para-hydroxylation sites is 2. The second kappa shape index (κ2) is 10.2. The van der Waals surface area contributed by atoms with Crippen molar-refractivity contribution in [2.75, 3.05) is 0 Å². The maximum Gasteiger partial charge on any atom is 0.0832 e. The molecule has 2 aromatic heterocycles. The molecule has 2 aliphatic carbocycles. The van der Waals surface area contributed by atoms with E-state index in [0.29, 0.717) is 22.1 Å². The molecular formula is C49H28F2N2. The molecule has 10 aromatic rings. The smallest absolute Gasteiger partial charge is 0.0832 e. The predicted molar refractivity (Wildman–Crippen MR) is 213 cm³/mol. The van der Waals surface area contributed by atoms with Crippen LogP contribution >= 0.6 is 0 Å². The molecule has 0 amide bonds. The summed E-state index contributed by atoms with van der Waals surface area (Å²) < 4.78 is 31.5. The highest BCUT2D eigenvalue weighted by atomic mass is 19.2. The first kappa shape index (κ1) is 28.9. The molecule has 248 valence electrons. The number of aromatic nitrogens is 2. The molecule has 0 fully saturated rings. The molecular weight excluding hydrogens is 655 g/mol. The van der Waals surface area contributed by atoms with E-state index >= 15 is 8.96 Å². The lowest BCUT2D eigenvalue weighted by Gasteiger charge is -2.31. The highest BCUT2D eigenvalue weighted by Crippen LogP contribution is 2.63. The van der Waals surface area contributed by atoms with Crippen LogP contribution in [0, 0.1) is 0 Å². The molecule has 1 spiro atoms. The molecule has 12 rings (SSSR count). The van der Waals surface area contributed by atoms with Crippen LogP contribution in [0.25, 0.3) is 88.1 Å². The summed E-state index contributed by atoms with van der Waals surface area (Å²) in [6.07, 6.45) is 0. The van der Waals surface area contributed by atoms with E-state index in [1.54, 1.807) is 0 Å². The average Bonchev–Trinajstić information content (AvgIpc) is 3.89. The summed E-state index contributed by atoms with van der Waals surface area (Å²) in [7, 11) is 0. The second-order valence-corrected chi connectivity index (χ2v) is 14.4. The zero-order chi connectivity index (χ0) is 35.0. The molecule has 0 unspecified atom stereocenters. The van der Waals surface area contributed by atoms with Gasteiger partial charge in [-0.1, -0.05) is 142 Å². The average molecular weight is 683 g/mol. The summed E-state index contributed by atoms with van der Waals surface area (Å²) in [6, 6.07) is 58.4. The van der Waals surface area contributed by atoms with Gasteiger partial charge in [0.25, 0.3) is 0 Å². The van der Waals surface area contributed by atoms with Gasteiger partial charge in [0.15, 0.2) is 0 Å². The summed E-state index contributed by atoms with van der Waals surface area (Å²) >= 11 is 0. The monoisotopic (exact) mass is 682 g/mol. The van der Waals surface area contributed by atoms with Gasteiger partial charge in [0.2, 0.25) is 0 Å². The standard InChI is InChI=1S/C49H28F2N2/c50-52-43-19-7-3-13-37(43)47-31(15-9-21-45(47)52)29-23-25-35-36-26-24-30(32-16-10-22-46-48(32)38-14-4-8-20-44(38)53(46)51)28-42(36)49(41(35)27-29)39-17-5-1-11-33(39)34-12-2-6-18-40(34)49/h1-28H. The van der Waals surface area contributed by atoms with Crippen molar-refractivity contribution in [1.29, 1.82) is 0 Å². The van der Waals surface area contributed by atoms with Gasteiger partial charge in [-0.3, -0.25) is 0 Å². The van der Waals surface area contributed by atoms with Crippen LogP contribution in [0.2, 0.25) is 0 Å². The fourth-order valence-electron chi connectivity index (χ4n) is 9.90. The van der Waals surface area contributed by atoms with Gasteiger partial charge in [-0.25, -0.2) is 0 Å². The Morgan fingerprint density at radius 2 is 0.698 bits per heavy atom. The van der Waals surface area contributed by atoms with Crippen molar-refractivity contribution in [3.63, 3.8) is 0 Å². The van der Waals surface area contributed by atoms with E-state index in [0.717, 1.165) is 53.4 Å². The number of rotatable bonds is 2. The minimum Gasteiger partial charge on any atom is -0.178 e. The molecule has 0 N–H and O–H groups in total. The van der Waals surface area contributed by atoms with Crippen molar-refractivity contribution in [1.82, 2.24) is 9.58 Å². The summed E-state index contributed by atoms with van der Waals surface area (Å²) in [5.41, 5.74) is 15.4. The molecule has 2 nitrogen and oxygen atoms in total. The Kier molecular flexibility index (Phi) is 5.54. The van der Waals surface area contributed by atoms with E-state index in [1.807, 2.05) is 72.8 Å². The van der Waals surface area contributed by atoms with Crippen LogP contribution in [0.5, 0.6) is 0 Å². The lowest BCUT2D eigenvalue weighted by molar-refractivity contribution is 0.405. The van der Waals surface area contributed by atoms with Crippen molar-refractivity contribution in [3.05, 3.63) is 192 Å². The van der Waals surface area contributed by atoms with Gasteiger partial charge in [0.1, 0.15) is 0 Å². The van der Waals surface area contributed by atoms with Crippen LogP contribution in [0.15, 0.2) is 170 Å². The lowest BCUT2D eigenvalue weighted by atomic mass is 9.70. The van der Waals surface area contributed by atoms with Gasteiger partial charge < -0.3 is 0 Å². The Morgan fingerprint density at radius 1 is 0.321 bits per heavy atom. The molecule has 4 heteroatoms. The molecule has 0 bridgehead atoms. The minimum absolute atomic E-state index is 0.562. The molecule has 2 aliphatic rings. The quantitative estimate of drug-likeness (QED) is 0.172. The van der Waals surface area contributed by atoms with Crippen LogP contribution in [0.1, 0.15) is 22.3 Å². The molecule has 0 radical (unpaired) electrons. The molecule has 0 atom stereocenters.